The molecule has 9 heteroatoms. The fourth-order valence-corrected chi connectivity index (χ4v) is 4.14. The van der Waals surface area contributed by atoms with Crippen LogP contribution in [-0.2, 0) is 14.3 Å². The van der Waals surface area contributed by atoms with Gasteiger partial charge in [-0.1, -0.05) is 0 Å². The van der Waals surface area contributed by atoms with Gasteiger partial charge in [0.05, 0.1) is 13.2 Å². The number of hydrogen-bond donors (Lipinski definition) is 2. The van der Waals surface area contributed by atoms with Gasteiger partial charge in [-0.15, -0.1) is 0 Å². The number of hydrogen-bond acceptors (Lipinski definition) is 6. The number of amides is 1. The monoisotopic (exact) mass is 447 g/mol. The Morgan fingerprint density at radius 2 is 1.77 bits per heavy atom. The molecule has 4 rings (SSSR count). The van der Waals surface area contributed by atoms with E-state index in [9.17, 15) is 4.79 Å². The third kappa shape index (κ3) is 7.52. The summed E-state index contributed by atoms with van der Waals surface area (Å²) in [5.41, 5.74) is 3.14. The van der Waals surface area contributed by atoms with Gasteiger partial charge in [-0.25, -0.2) is 0 Å². The van der Waals surface area contributed by atoms with Gasteiger partial charge < -0.3 is 14.7 Å². The standard InChI is InChI=1S/C20H18N3O2S.C2H4O2.Na/c24-19-18(26-20(22-19)21-16-4-2-1-3-5-16)14-15-6-8-17(9-7-15)23-10-12-25-13-11-23;1-2(3)4;/h2-9,14H,10-13H2,(H,21,22,24);1H3,(H,3,4);/b18-14-;;. The Kier molecular flexibility index (Phi) is 8.74. The minimum absolute atomic E-state index is 0.195. The second-order valence-electron chi connectivity index (χ2n) is 7.03. The van der Waals surface area contributed by atoms with Crippen LogP contribution >= 0.6 is 11.8 Å². The van der Waals surface area contributed by atoms with Gasteiger partial charge in [0.15, 0.2) is 0 Å². The van der Waals surface area contributed by atoms with Crippen LogP contribution in [0.2, 0.25) is 0 Å². The van der Waals surface area contributed by atoms with E-state index in [0.29, 0.717) is 10.1 Å². The van der Waals surface area contributed by atoms with Crippen LogP contribution in [0, 0.1) is 0 Å². The number of carboxylic acids is 1. The number of amidine groups is 1. The zero-order valence-corrected chi connectivity index (χ0v) is 20.3. The fraction of sp³-hybridized carbons (Fsp3) is 0.227. The van der Waals surface area contributed by atoms with E-state index in [0.717, 1.165) is 72.4 Å². The first-order chi connectivity index (χ1) is 14.9. The van der Waals surface area contributed by atoms with E-state index in [1.165, 1.54) is 20.3 Å². The second-order valence-corrected chi connectivity index (χ2v) is 9.22. The summed E-state index contributed by atoms with van der Waals surface area (Å²) in [5.74, 6) is -1.03. The molecule has 2 N–H and O–H groups in total. The van der Waals surface area contributed by atoms with E-state index < -0.39 is 5.97 Å². The minimum atomic E-state index is -0.833. The van der Waals surface area contributed by atoms with Crippen molar-refractivity contribution in [1.82, 2.24) is 0 Å². The first kappa shape index (κ1) is 23.6. The number of aliphatic carboxylic acids is 1. The first-order valence-electron chi connectivity index (χ1n) is 9.89. The molecule has 2 aliphatic heterocycles. The summed E-state index contributed by atoms with van der Waals surface area (Å²) < 4.78 is 6.73. The summed E-state index contributed by atoms with van der Waals surface area (Å²) in [6.07, 6.45) is 1.90. The molecule has 0 radical (unpaired) electrons. The molecule has 0 atom stereocenters. The van der Waals surface area contributed by atoms with Crippen LogP contribution in [0.4, 0.5) is 11.4 Å². The van der Waals surface area contributed by atoms with Crippen molar-refractivity contribution in [2.75, 3.05) is 36.5 Å². The Hall–Kier alpha value is -2.10. The molecule has 2 aromatic carbocycles. The third-order valence-corrected chi connectivity index (χ3v) is 6.06. The maximum atomic E-state index is 12.2. The summed E-state index contributed by atoms with van der Waals surface area (Å²) >= 11 is 2.41. The van der Waals surface area contributed by atoms with E-state index in [1.807, 2.05) is 30.3 Å². The van der Waals surface area contributed by atoms with Crippen LogP contribution in [0.5, 0.6) is 0 Å². The second kappa shape index (κ2) is 11.5. The quantitative estimate of drug-likeness (QED) is 0.552. The molecule has 0 bridgehead atoms. The number of aliphatic imine (C=N–C) groups is 1. The van der Waals surface area contributed by atoms with Crippen molar-refractivity contribution in [3.05, 3.63) is 59.0 Å². The van der Waals surface area contributed by atoms with Crippen LogP contribution in [0.15, 0.2) is 58.4 Å². The Morgan fingerprint density at radius 1 is 1.16 bits per heavy atom. The van der Waals surface area contributed by atoms with Crippen LogP contribution in [0.1, 0.15) is 12.5 Å². The molecule has 156 valence electrons. The number of anilines is 2. The van der Waals surface area contributed by atoms with Crippen molar-refractivity contribution in [2.24, 2.45) is 4.99 Å². The van der Waals surface area contributed by atoms with Crippen molar-refractivity contribution in [2.45, 2.75) is 6.92 Å². The number of carboxylic acid groups (broad SMARTS) is 1. The molecule has 0 aromatic heterocycles. The predicted molar refractivity (Wildman–Crippen MR) is 126 cm³/mol. The van der Waals surface area contributed by atoms with E-state index in [4.69, 9.17) is 14.6 Å². The zero-order valence-electron chi connectivity index (χ0n) is 17.5. The van der Waals surface area contributed by atoms with E-state index in [1.54, 1.807) is 0 Å². The molecule has 1 amide bonds. The number of carbonyl (C=O) groups is 2. The van der Waals surface area contributed by atoms with E-state index in [-0.39, 0.29) is 5.91 Å². The maximum absolute atomic E-state index is 12.2. The molecular weight excluding hydrogens is 425 g/mol. The van der Waals surface area contributed by atoms with E-state index in [2.05, 4.69) is 39.5 Å². The molecule has 1 fully saturated rings. The Morgan fingerprint density at radius 3 is 2.39 bits per heavy atom. The first-order valence-corrected chi connectivity index (χ1v) is 11.7. The number of carbonyl (C=O) groups excluding carboxylic acids is 1. The van der Waals surface area contributed by atoms with Crippen LogP contribution in [-0.4, -0.2) is 76.4 Å². The Labute approximate surface area is 203 Å². The number of nitrogens with one attached hydrogen (secondary N) is 1. The molecule has 0 saturated carbocycles. The van der Waals surface area contributed by atoms with Gasteiger partial charge in [0, 0.05) is 25.7 Å². The summed E-state index contributed by atoms with van der Waals surface area (Å²) in [6.45, 7) is 4.46. The van der Waals surface area contributed by atoms with Crippen molar-refractivity contribution >= 4 is 77.0 Å². The molecule has 31 heavy (non-hydrogen) atoms. The molecule has 7 nitrogen and oxygen atoms in total. The number of nitrogens with zero attached hydrogens (tertiary/aromatic N) is 2. The van der Waals surface area contributed by atoms with Gasteiger partial charge in [-0.3, -0.25) is 4.79 Å². The number of thioether (sulfide) groups is 1. The molecule has 2 heterocycles. The molecule has 0 spiro atoms. The molecule has 1 saturated heterocycles. The van der Waals surface area contributed by atoms with Gasteiger partial charge in [-0.2, -0.15) is 0 Å². The van der Waals surface area contributed by atoms with Crippen molar-refractivity contribution in [3.8, 4) is 0 Å². The topological polar surface area (TPSA) is 91.2 Å². The van der Waals surface area contributed by atoms with Crippen LogP contribution < -0.4 is 13.0 Å². The Bertz CT molecular complexity index is 981. The van der Waals surface area contributed by atoms with Gasteiger partial charge in [0.1, 0.15) is 0 Å². The third-order valence-electron chi connectivity index (χ3n) is 4.49. The predicted octanol–water partition coefficient (Wildman–Crippen LogP) is 2.49. The summed E-state index contributed by atoms with van der Waals surface area (Å²) in [7, 11) is 0. The molecule has 2 aromatic rings. The zero-order chi connectivity index (χ0) is 22.2. The van der Waals surface area contributed by atoms with Gasteiger partial charge in [0.25, 0.3) is 5.97 Å². The number of rotatable bonds is 3. The average molecular weight is 447 g/mol. The number of morpholine rings is 1. The van der Waals surface area contributed by atoms with Gasteiger partial charge >= 0.3 is 139 Å². The van der Waals surface area contributed by atoms with Gasteiger partial charge in [0.2, 0.25) is 0 Å². The van der Waals surface area contributed by atoms with Crippen LogP contribution in [0.25, 0.3) is 6.08 Å². The van der Waals surface area contributed by atoms with Crippen molar-refractivity contribution in [3.63, 3.8) is 0 Å². The molecule has 0 unspecified atom stereocenters. The molecule has 0 aliphatic carbocycles. The summed E-state index contributed by atoms with van der Waals surface area (Å²) in [5, 5.41) is 11.3. The summed E-state index contributed by atoms with van der Waals surface area (Å²) in [4.78, 5) is 28.3. The Balaban J connectivity index is 0.000000628. The number of ether oxygens (including phenoxy) is 1. The van der Waals surface area contributed by atoms with Crippen molar-refractivity contribution < 1.29 is 19.4 Å². The van der Waals surface area contributed by atoms with Crippen molar-refractivity contribution in [1.29, 1.82) is 0 Å². The average Bonchev–Trinajstić information content (AvgIpc) is 3.09. The molecular formula is C22H22N3NaO4S. The number of benzene rings is 2. The van der Waals surface area contributed by atoms with Crippen LogP contribution in [0.3, 0.4) is 0 Å². The molecule has 2 aliphatic rings. The normalized spacial score (nSPS) is 17.1. The van der Waals surface area contributed by atoms with Gasteiger partial charge in [-0.05, 0) is 0 Å². The summed E-state index contributed by atoms with van der Waals surface area (Å²) in [6, 6.07) is 16.5. The fourth-order valence-electron chi connectivity index (χ4n) is 2.98. The van der Waals surface area contributed by atoms with E-state index >= 15 is 0 Å². The SMILES string of the molecule is CC(=O)O.O=C1N=C(Nc2cc[c]([Na])cc2)S/C1=C\c1ccc(N2CCOCC2)cc1.